The van der Waals surface area contributed by atoms with Crippen molar-refractivity contribution in [3.63, 3.8) is 0 Å². The third-order valence-corrected chi connectivity index (χ3v) is 11.1. The number of hydrogen-bond acceptors (Lipinski definition) is 6. The Hall–Kier alpha value is -4.45. The molecule has 0 saturated heterocycles. The van der Waals surface area contributed by atoms with Gasteiger partial charge in [-0.05, 0) is 128 Å². The second-order valence-corrected chi connectivity index (χ2v) is 17.7. The Kier molecular flexibility index (Phi) is 52.5. The van der Waals surface area contributed by atoms with Crippen molar-refractivity contribution < 1.29 is 28.6 Å². The van der Waals surface area contributed by atoms with Gasteiger partial charge in [0.2, 0.25) is 0 Å². The SMILES string of the molecule is CC/C=C\C/C=C\C/C=C\C/C=C\C/C=C\CCCCCCCC(=O)OCC(COC(=O)CCCCCCC/C=C\C/C=C\CCC)OC(=O)CCCCCC/C=C\C/C=C\C/C=C\C/C=C\CC. The van der Waals surface area contributed by atoms with Crippen LogP contribution in [0.1, 0.15) is 226 Å². The zero-order chi connectivity index (χ0) is 50.0. The van der Waals surface area contributed by atoms with E-state index in [9.17, 15) is 14.4 Å². The van der Waals surface area contributed by atoms with Crippen LogP contribution in [0.4, 0.5) is 0 Å². The first-order valence-corrected chi connectivity index (χ1v) is 27.7. The molecule has 0 aromatic rings. The molecule has 0 aliphatic heterocycles. The lowest BCUT2D eigenvalue weighted by atomic mass is 10.1. The predicted octanol–water partition coefficient (Wildman–Crippen LogP) is 18.6. The molecule has 0 rings (SSSR count). The van der Waals surface area contributed by atoms with E-state index >= 15 is 0 Å². The van der Waals surface area contributed by atoms with Crippen molar-refractivity contribution in [2.45, 2.75) is 232 Å². The van der Waals surface area contributed by atoms with Crippen molar-refractivity contribution in [1.82, 2.24) is 0 Å². The van der Waals surface area contributed by atoms with E-state index in [1.54, 1.807) is 0 Å². The van der Waals surface area contributed by atoms with Crippen molar-refractivity contribution in [1.29, 1.82) is 0 Å². The topological polar surface area (TPSA) is 78.9 Å². The van der Waals surface area contributed by atoms with E-state index in [1.165, 1.54) is 6.42 Å². The van der Waals surface area contributed by atoms with Gasteiger partial charge in [0.25, 0.3) is 0 Å². The molecule has 0 spiro atoms. The number of carbonyl (C=O) groups excluding carboxylic acids is 3. The number of carbonyl (C=O) groups is 3. The van der Waals surface area contributed by atoms with Gasteiger partial charge in [-0.3, -0.25) is 14.4 Å². The standard InChI is InChI=1S/C63H100O6/c1-4-7-10-13-16-19-22-25-27-29-30-31-32-34-35-38-41-44-47-50-53-56-62(65)68-59-60(58-67-61(64)55-52-49-46-43-40-37-24-21-18-15-12-9-6-3)69-63(66)57-54-51-48-45-42-39-36-33-28-26-23-20-17-14-11-8-5-2/h7-8,10-12,15-17,19-21,24-28,30-31,34-36,39,60H,4-6,9,13-14,18,22-23,29,32-33,37-38,40-59H2,1-3H3/b10-7-,11-8-,15-12-,19-16-,20-17-,24-21-,27-25-,28-26-,31-30-,35-34-,39-36-. The molecule has 1 atom stereocenters. The van der Waals surface area contributed by atoms with E-state index in [2.05, 4.69) is 154 Å². The molecule has 0 fully saturated rings. The highest BCUT2D eigenvalue weighted by atomic mass is 16.6. The maximum absolute atomic E-state index is 12.8. The van der Waals surface area contributed by atoms with Gasteiger partial charge in [0.15, 0.2) is 6.10 Å². The van der Waals surface area contributed by atoms with Crippen LogP contribution in [0, 0.1) is 0 Å². The lowest BCUT2D eigenvalue weighted by Gasteiger charge is -2.18. The zero-order valence-electron chi connectivity index (χ0n) is 44.3. The minimum atomic E-state index is -0.810. The maximum atomic E-state index is 12.8. The fourth-order valence-electron chi connectivity index (χ4n) is 7.03. The summed E-state index contributed by atoms with van der Waals surface area (Å²) >= 11 is 0. The Morgan fingerprint density at radius 1 is 0.304 bits per heavy atom. The molecular weight excluding hydrogens is 853 g/mol. The van der Waals surface area contributed by atoms with Crippen LogP contribution in [0.25, 0.3) is 0 Å². The predicted molar refractivity (Wildman–Crippen MR) is 297 cm³/mol. The number of allylic oxidation sites excluding steroid dienone is 22. The van der Waals surface area contributed by atoms with Crippen LogP contribution in [-0.2, 0) is 28.6 Å². The maximum Gasteiger partial charge on any atom is 0.306 e. The molecule has 6 nitrogen and oxygen atoms in total. The molecule has 0 aromatic heterocycles. The normalized spacial score (nSPS) is 13.1. The van der Waals surface area contributed by atoms with Gasteiger partial charge in [-0.15, -0.1) is 0 Å². The molecule has 0 radical (unpaired) electrons. The lowest BCUT2D eigenvalue weighted by Crippen LogP contribution is -2.30. The molecule has 0 aliphatic rings. The molecule has 0 aliphatic carbocycles. The highest BCUT2D eigenvalue weighted by molar-refractivity contribution is 5.71. The molecule has 6 heteroatoms. The van der Waals surface area contributed by atoms with Crippen molar-refractivity contribution in [3.05, 3.63) is 134 Å². The summed E-state index contributed by atoms with van der Waals surface area (Å²) in [5.74, 6) is -0.969. The van der Waals surface area contributed by atoms with Gasteiger partial charge >= 0.3 is 17.9 Å². The Bertz CT molecular complexity index is 1510. The number of rotatable bonds is 48. The second kappa shape index (κ2) is 56.1. The summed E-state index contributed by atoms with van der Waals surface area (Å²) < 4.78 is 16.8. The first-order chi connectivity index (χ1) is 34.0. The van der Waals surface area contributed by atoms with Gasteiger partial charge in [-0.25, -0.2) is 0 Å². The van der Waals surface area contributed by atoms with Gasteiger partial charge < -0.3 is 14.2 Å². The molecule has 1 unspecified atom stereocenters. The number of unbranched alkanes of at least 4 members (excludes halogenated alkanes) is 15. The van der Waals surface area contributed by atoms with Gasteiger partial charge in [0.05, 0.1) is 0 Å². The van der Waals surface area contributed by atoms with Crippen LogP contribution >= 0.6 is 0 Å². The number of hydrogen-bond donors (Lipinski definition) is 0. The smallest absolute Gasteiger partial charge is 0.306 e. The molecule has 0 heterocycles. The molecule has 0 N–H and O–H groups in total. The lowest BCUT2D eigenvalue weighted by molar-refractivity contribution is -0.167. The highest BCUT2D eigenvalue weighted by Crippen LogP contribution is 2.13. The Morgan fingerprint density at radius 2 is 0.565 bits per heavy atom. The van der Waals surface area contributed by atoms with Crippen LogP contribution in [0.5, 0.6) is 0 Å². The van der Waals surface area contributed by atoms with E-state index in [0.29, 0.717) is 12.8 Å². The summed E-state index contributed by atoms with van der Waals surface area (Å²) in [5.41, 5.74) is 0. The van der Waals surface area contributed by atoms with Gasteiger partial charge in [0, 0.05) is 19.3 Å². The van der Waals surface area contributed by atoms with E-state index in [4.69, 9.17) is 14.2 Å². The minimum absolute atomic E-state index is 0.107. The minimum Gasteiger partial charge on any atom is -0.462 e. The monoisotopic (exact) mass is 953 g/mol. The van der Waals surface area contributed by atoms with Crippen molar-refractivity contribution in [2.24, 2.45) is 0 Å². The third-order valence-electron chi connectivity index (χ3n) is 11.1. The molecule has 0 saturated carbocycles. The van der Waals surface area contributed by atoms with Crippen LogP contribution in [0.2, 0.25) is 0 Å². The molecule has 388 valence electrons. The first kappa shape index (κ1) is 64.5. The number of esters is 3. The highest BCUT2D eigenvalue weighted by Gasteiger charge is 2.19. The molecule has 0 amide bonds. The van der Waals surface area contributed by atoms with E-state index < -0.39 is 6.10 Å². The Morgan fingerprint density at radius 3 is 0.884 bits per heavy atom. The van der Waals surface area contributed by atoms with E-state index in [0.717, 1.165) is 180 Å². The molecular formula is C63H100O6. The fourth-order valence-corrected chi connectivity index (χ4v) is 7.03. The Balaban J connectivity index is 4.49. The van der Waals surface area contributed by atoms with Gasteiger partial charge in [0.1, 0.15) is 13.2 Å². The van der Waals surface area contributed by atoms with Crippen LogP contribution in [0.3, 0.4) is 0 Å². The third kappa shape index (κ3) is 54.4. The fraction of sp³-hybridized carbons (Fsp3) is 0.603. The quantitative estimate of drug-likeness (QED) is 0.0262. The Labute approximate surface area is 424 Å². The first-order valence-electron chi connectivity index (χ1n) is 27.7. The van der Waals surface area contributed by atoms with Gasteiger partial charge in [-0.2, -0.15) is 0 Å². The molecule has 0 bridgehead atoms. The van der Waals surface area contributed by atoms with Crippen molar-refractivity contribution >= 4 is 17.9 Å². The van der Waals surface area contributed by atoms with E-state index in [-0.39, 0.29) is 37.5 Å². The van der Waals surface area contributed by atoms with Crippen LogP contribution in [-0.4, -0.2) is 37.2 Å². The second-order valence-electron chi connectivity index (χ2n) is 17.7. The average molecular weight is 953 g/mol. The number of ether oxygens (including phenoxy) is 3. The summed E-state index contributed by atoms with van der Waals surface area (Å²) in [5, 5.41) is 0. The summed E-state index contributed by atoms with van der Waals surface area (Å²) in [4.78, 5) is 38.1. The van der Waals surface area contributed by atoms with Crippen molar-refractivity contribution in [3.8, 4) is 0 Å². The molecule has 0 aromatic carbocycles. The molecule has 69 heavy (non-hydrogen) atoms. The van der Waals surface area contributed by atoms with E-state index in [1.807, 2.05) is 0 Å². The zero-order valence-corrected chi connectivity index (χ0v) is 44.3. The summed E-state index contributed by atoms with van der Waals surface area (Å²) in [6, 6.07) is 0. The largest absolute Gasteiger partial charge is 0.462 e. The summed E-state index contributed by atoms with van der Waals surface area (Å²) in [6.45, 7) is 6.28. The summed E-state index contributed by atoms with van der Waals surface area (Å²) in [6.07, 6.45) is 78.6. The van der Waals surface area contributed by atoms with Crippen LogP contribution in [0.15, 0.2) is 134 Å². The van der Waals surface area contributed by atoms with Crippen LogP contribution < -0.4 is 0 Å². The van der Waals surface area contributed by atoms with Gasteiger partial charge in [-0.1, -0.05) is 212 Å². The summed E-state index contributed by atoms with van der Waals surface area (Å²) in [7, 11) is 0. The van der Waals surface area contributed by atoms with Crippen molar-refractivity contribution in [2.75, 3.05) is 13.2 Å². The average Bonchev–Trinajstić information content (AvgIpc) is 3.35.